The number of allylic oxidation sites excluding steroid dienone is 2. The van der Waals surface area contributed by atoms with E-state index >= 15 is 0 Å². The Balaban J connectivity index is 1.10. The van der Waals surface area contributed by atoms with Crippen LogP contribution < -0.4 is 0 Å². The Morgan fingerprint density at radius 2 is 1.84 bits per heavy atom. The van der Waals surface area contributed by atoms with Gasteiger partial charge in [0.2, 0.25) is 0 Å². The summed E-state index contributed by atoms with van der Waals surface area (Å²) in [6.07, 6.45) is 14.8. The van der Waals surface area contributed by atoms with E-state index in [0.717, 1.165) is 43.6 Å². The van der Waals surface area contributed by atoms with E-state index in [1.807, 2.05) is 13.0 Å². The zero-order valence-electron chi connectivity index (χ0n) is 31.1. The van der Waals surface area contributed by atoms with Crippen LogP contribution in [0.25, 0.3) is 0 Å². The number of rotatable bonds is 5. The maximum Gasteiger partial charge on any atom is 0.313 e. The van der Waals surface area contributed by atoms with Crippen LogP contribution in [0.15, 0.2) is 77.4 Å². The number of ether oxygens (including phenoxy) is 5. The van der Waals surface area contributed by atoms with Crippen molar-refractivity contribution >= 4 is 5.97 Å². The molecule has 8 heteroatoms. The fourth-order valence-electron chi connectivity index (χ4n) is 9.33. The molecule has 1 aromatic carbocycles. The first-order chi connectivity index (χ1) is 24.7. The first-order valence-corrected chi connectivity index (χ1v) is 19.6. The number of aliphatic hydroxyl groups is 1. The van der Waals surface area contributed by atoms with Gasteiger partial charge in [0.05, 0.1) is 44.1 Å². The quantitative estimate of drug-likeness (QED) is 0.262. The highest BCUT2D eigenvalue weighted by molar-refractivity contribution is 5.76. The number of fused-ring (bicyclic) bond motifs is 2. The number of esters is 1. The number of nitrogens with zero attached hydrogens (tertiary/aromatic N) is 1. The summed E-state index contributed by atoms with van der Waals surface area (Å²) in [4.78, 5) is 16.6. The summed E-state index contributed by atoms with van der Waals surface area (Å²) in [5.41, 5.74) is 4.41. The Kier molecular flexibility index (Phi) is 11.7. The number of carbonyl (C=O) groups excluding carboxylic acids is 1. The second-order valence-electron chi connectivity index (χ2n) is 16.3. The normalized spacial score (nSPS) is 41.1. The van der Waals surface area contributed by atoms with E-state index in [9.17, 15) is 9.90 Å². The zero-order valence-corrected chi connectivity index (χ0v) is 31.1. The molecule has 51 heavy (non-hydrogen) atoms. The van der Waals surface area contributed by atoms with Gasteiger partial charge in [-0.3, -0.25) is 4.79 Å². The number of aliphatic hydroxyl groups excluding tert-OH is 1. The summed E-state index contributed by atoms with van der Waals surface area (Å²) in [7, 11) is 0. The number of hydrogen-bond acceptors (Lipinski definition) is 8. The number of piperidine rings is 1. The number of benzene rings is 1. The zero-order chi connectivity index (χ0) is 35.5. The third kappa shape index (κ3) is 8.47. The molecule has 8 nitrogen and oxygen atoms in total. The van der Waals surface area contributed by atoms with Crippen molar-refractivity contribution in [3.8, 4) is 0 Å². The molecule has 2 bridgehead atoms. The molecule has 5 aliphatic heterocycles. The van der Waals surface area contributed by atoms with Gasteiger partial charge in [-0.2, -0.15) is 0 Å². The Hall–Kier alpha value is -2.59. The Bertz CT molecular complexity index is 1470. The van der Waals surface area contributed by atoms with Gasteiger partial charge < -0.3 is 33.7 Å². The third-order valence-electron chi connectivity index (χ3n) is 12.4. The van der Waals surface area contributed by atoms with Gasteiger partial charge in [-0.25, -0.2) is 0 Å². The van der Waals surface area contributed by atoms with Crippen LogP contribution in [0.5, 0.6) is 0 Å². The van der Waals surface area contributed by atoms with E-state index in [4.69, 9.17) is 23.7 Å². The second-order valence-corrected chi connectivity index (χ2v) is 16.3. The highest BCUT2D eigenvalue weighted by atomic mass is 16.7. The lowest BCUT2D eigenvalue weighted by molar-refractivity contribution is -0.315. The maximum atomic E-state index is 14.0. The molecule has 7 rings (SSSR count). The summed E-state index contributed by atoms with van der Waals surface area (Å²) in [6, 6.07) is 10.9. The Morgan fingerprint density at radius 3 is 2.61 bits per heavy atom. The Morgan fingerprint density at radius 1 is 1.04 bits per heavy atom. The van der Waals surface area contributed by atoms with Crippen molar-refractivity contribution in [2.75, 3.05) is 39.5 Å². The lowest BCUT2D eigenvalue weighted by Crippen LogP contribution is -2.52. The van der Waals surface area contributed by atoms with E-state index < -0.39 is 23.9 Å². The van der Waals surface area contributed by atoms with E-state index in [-0.39, 0.29) is 36.1 Å². The minimum atomic E-state index is -0.749. The lowest BCUT2D eigenvalue weighted by Gasteiger charge is -2.47. The van der Waals surface area contributed by atoms with Crippen molar-refractivity contribution in [2.24, 2.45) is 23.7 Å². The van der Waals surface area contributed by atoms with Gasteiger partial charge in [0.25, 0.3) is 0 Å². The summed E-state index contributed by atoms with van der Waals surface area (Å²) in [6.45, 7) is 13.3. The van der Waals surface area contributed by atoms with Gasteiger partial charge in [-0.05, 0) is 86.7 Å². The van der Waals surface area contributed by atoms with Crippen LogP contribution in [0.1, 0.15) is 84.1 Å². The summed E-state index contributed by atoms with van der Waals surface area (Å²) in [5, 5.41) is 11.1. The highest BCUT2D eigenvalue weighted by Gasteiger charge is 2.50. The minimum Gasteiger partial charge on any atom is -0.462 e. The number of hydrogen-bond donors (Lipinski definition) is 1. The SMILES string of the molecule is CC1=C[C@H]2C(=O)O[C@H]3C[C@@H](C/C=C(\C)C(OCCN4CCC(c5ccccc5)CC4)[C@@H](C)/C=C/C=C4\CO[C@@H](C42)[C@@H]1O)O[C@@]1(CC[C@H](C)CO1)C3. The van der Waals surface area contributed by atoms with Crippen molar-refractivity contribution in [1.29, 1.82) is 0 Å². The van der Waals surface area contributed by atoms with Crippen LogP contribution in [0.2, 0.25) is 0 Å². The van der Waals surface area contributed by atoms with Crippen LogP contribution >= 0.6 is 0 Å². The summed E-state index contributed by atoms with van der Waals surface area (Å²) < 4.78 is 32.5. The molecule has 1 N–H and O–H groups in total. The van der Waals surface area contributed by atoms with E-state index in [1.54, 1.807) is 0 Å². The van der Waals surface area contributed by atoms with Crippen LogP contribution in [-0.2, 0) is 28.5 Å². The smallest absolute Gasteiger partial charge is 0.313 e. The van der Waals surface area contributed by atoms with Crippen molar-refractivity contribution in [2.45, 2.75) is 115 Å². The average molecular weight is 702 g/mol. The molecule has 0 aromatic heterocycles. The van der Waals surface area contributed by atoms with Crippen LogP contribution in [0, 0.1) is 23.7 Å². The topological polar surface area (TPSA) is 86.7 Å². The molecule has 4 saturated heterocycles. The molecule has 278 valence electrons. The molecule has 2 unspecified atom stereocenters. The molecule has 1 spiro atoms. The highest BCUT2D eigenvalue weighted by Crippen LogP contribution is 2.44. The summed E-state index contributed by atoms with van der Waals surface area (Å²) in [5.74, 6) is -0.575. The van der Waals surface area contributed by atoms with Gasteiger partial charge in [0.1, 0.15) is 12.2 Å². The minimum absolute atomic E-state index is 0.0882. The second kappa shape index (κ2) is 16.2. The number of likely N-dealkylation sites (tertiary alicyclic amines) is 1. The van der Waals surface area contributed by atoms with Gasteiger partial charge in [0.15, 0.2) is 5.79 Å². The fraction of sp³-hybridized carbons (Fsp3) is 0.651. The van der Waals surface area contributed by atoms with E-state index in [1.165, 1.54) is 24.0 Å². The molecular formula is C43H59NO7. The fourth-order valence-corrected chi connectivity index (χ4v) is 9.33. The van der Waals surface area contributed by atoms with Crippen LogP contribution in [0.4, 0.5) is 0 Å². The molecule has 6 aliphatic rings. The summed E-state index contributed by atoms with van der Waals surface area (Å²) >= 11 is 0. The lowest BCUT2D eigenvalue weighted by atomic mass is 9.75. The van der Waals surface area contributed by atoms with Gasteiger partial charge >= 0.3 is 5.97 Å². The molecule has 4 fully saturated rings. The molecule has 1 aromatic rings. The predicted octanol–water partition coefficient (Wildman–Crippen LogP) is 6.91. The van der Waals surface area contributed by atoms with E-state index in [2.05, 4.69) is 80.3 Å². The molecule has 10 atom stereocenters. The van der Waals surface area contributed by atoms with Crippen LogP contribution in [-0.4, -0.2) is 91.7 Å². The number of carbonyl (C=O) groups is 1. The standard InChI is InChI=1S/C43H59NO7/c1-28-15-18-43(49-26-28)25-36-24-35(51-43)14-13-30(3)40(47-22-21-44-19-16-33(17-20-44)32-10-6-5-7-11-32)29(2)9-8-12-34-27-48-41-38(34)37(42(46)50-36)23-31(4)39(41)45/h5-13,23,28-29,33,35-41,45H,14-22,24-27H2,1-4H3/b9-8+,30-13+,34-12+/t28-,29-,35+,36-,37+,38?,39+,40?,41-,43-/m0/s1. The van der Waals surface area contributed by atoms with Gasteiger partial charge in [-0.15, -0.1) is 0 Å². The van der Waals surface area contributed by atoms with Crippen molar-refractivity contribution in [3.63, 3.8) is 0 Å². The average Bonchev–Trinajstić information content (AvgIpc) is 3.56. The maximum absolute atomic E-state index is 14.0. The van der Waals surface area contributed by atoms with Crippen LogP contribution in [0.3, 0.4) is 0 Å². The molecule has 0 saturated carbocycles. The molecule has 0 amide bonds. The van der Waals surface area contributed by atoms with Crippen molar-refractivity contribution < 1.29 is 33.6 Å². The molecule has 0 radical (unpaired) electrons. The largest absolute Gasteiger partial charge is 0.462 e. The predicted molar refractivity (Wildman–Crippen MR) is 197 cm³/mol. The van der Waals surface area contributed by atoms with E-state index in [0.29, 0.717) is 50.9 Å². The molecule has 1 aliphatic carbocycles. The van der Waals surface area contributed by atoms with Crippen molar-refractivity contribution in [3.05, 3.63) is 83.0 Å². The van der Waals surface area contributed by atoms with Crippen molar-refractivity contribution in [1.82, 2.24) is 4.90 Å². The third-order valence-corrected chi connectivity index (χ3v) is 12.4. The first-order valence-electron chi connectivity index (χ1n) is 19.6. The first kappa shape index (κ1) is 36.8. The van der Waals surface area contributed by atoms with Gasteiger partial charge in [0, 0.05) is 37.6 Å². The Labute approximate surface area is 304 Å². The van der Waals surface area contributed by atoms with Gasteiger partial charge in [-0.1, -0.05) is 74.6 Å². The monoisotopic (exact) mass is 701 g/mol. The molecule has 5 heterocycles. The molecular weight excluding hydrogens is 642 g/mol.